The van der Waals surface area contributed by atoms with Gasteiger partial charge in [-0.1, -0.05) is 6.58 Å². The first-order valence-corrected chi connectivity index (χ1v) is 4.04. The minimum Gasteiger partial charge on any atom is -0.300 e. The van der Waals surface area contributed by atoms with Gasteiger partial charge in [0.15, 0.2) is 0 Å². The normalized spacial score (nSPS) is 19.0. The van der Waals surface area contributed by atoms with Crippen molar-refractivity contribution in [3.05, 3.63) is 12.8 Å². The van der Waals surface area contributed by atoms with E-state index < -0.39 is 5.92 Å². The van der Waals surface area contributed by atoms with E-state index in [0.717, 1.165) is 4.90 Å². The molecule has 0 radical (unpaired) electrons. The van der Waals surface area contributed by atoms with Crippen molar-refractivity contribution in [2.24, 2.45) is 5.92 Å². The zero-order valence-electron chi connectivity index (χ0n) is 7.45. The molecule has 1 aliphatic rings. The summed E-state index contributed by atoms with van der Waals surface area (Å²) < 4.78 is 0. The zero-order valence-corrected chi connectivity index (χ0v) is 7.45. The number of nitrogens with zero attached hydrogens (tertiary/aromatic N) is 1. The molecular weight excluding hydrogens is 170 g/mol. The van der Waals surface area contributed by atoms with Gasteiger partial charge in [0.25, 0.3) is 0 Å². The smallest absolute Gasteiger partial charge is 0.233 e. The molecule has 0 unspecified atom stereocenters. The number of imide groups is 1. The van der Waals surface area contributed by atoms with Gasteiger partial charge in [-0.05, 0) is 6.92 Å². The number of rotatable bonds is 2. The first-order chi connectivity index (χ1) is 6.06. The SMILES string of the molecule is C=CN1C(=O)CC(C(C)=O)CC1=O. The topological polar surface area (TPSA) is 54.5 Å². The summed E-state index contributed by atoms with van der Waals surface area (Å²) in [6.07, 6.45) is 1.43. The van der Waals surface area contributed by atoms with E-state index in [9.17, 15) is 14.4 Å². The van der Waals surface area contributed by atoms with Crippen molar-refractivity contribution in [1.29, 1.82) is 0 Å². The van der Waals surface area contributed by atoms with Crippen molar-refractivity contribution in [1.82, 2.24) is 4.90 Å². The van der Waals surface area contributed by atoms with Gasteiger partial charge >= 0.3 is 0 Å². The van der Waals surface area contributed by atoms with Gasteiger partial charge in [-0.15, -0.1) is 0 Å². The van der Waals surface area contributed by atoms with Gasteiger partial charge in [0.05, 0.1) is 0 Å². The van der Waals surface area contributed by atoms with Gasteiger partial charge in [-0.2, -0.15) is 0 Å². The van der Waals surface area contributed by atoms with Crippen LogP contribution in [0.15, 0.2) is 12.8 Å². The van der Waals surface area contributed by atoms with Crippen molar-refractivity contribution in [2.45, 2.75) is 19.8 Å². The fourth-order valence-corrected chi connectivity index (χ4v) is 1.32. The molecule has 4 nitrogen and oxygen atoms in total. The Morgan fingerprint density at radius 3 is 2.23 bits per heavy atom. The Bertz CT molecular complexity index is 265. The summed E-state index contributed by atoms with van der Waals surface area (Å²) in [5.41, 5.74) is 0. The molecule has 1 fully saturated rings. The van der Waals surface area contributed by atoms with E-state index in [2.05, 4.69) is 6.58 Å². The largest absolute Gasteiger partial charge is 0.300 e. The van der Waals surface area contributed by atoms with Crippen LogP contribution in [0.4, 0.5) is 0 Å². The number of hydrogen-bond donors (Lipinski definition) is 0. The lowest BCUT2D eigenvalue weighted by Crippen LogP contribution is -2.41. The molecule has 4 heteroatoms. The van der Waals surface area contributed by atoms with E-state index in [0.29, 0.717) is 0 Å². The van der Waals surface area contributed by atoms with E-state index in [1.54, 1.807) is 0 Å². The Balaban J connectivity index is 2.78. The molecule has 0 bridgehead atoms. The molecule has 70 valence electrons. The molecule has 0 aromatic carbocycles. The van der Waals surface area contributed by atoms with Gasteiger partial charge in [0.1, 0.15) is 5.78 Å². The third-order valence-electron chi connectivity index (χ3n) is 2.14. The first kappa shape index (κ1) is 9.64. The molecule has 13 heavy (non-hydrogen) atoms. The summed E-state index contributed by atoms with van der Waals surface area (Å²) in [6.45, 7) is 4.75. The molecule has 0 atom stereocenters. The number of carbonyl (C=O) groups is 3. The lowest BCUT2D eigenvalue weighted by molar-refractivity contribution is -0.149. The molecule has 0 aromatic rings. The maximum Gasteiger partial charge on any atom is 0.233 e. The second kappa shape index (κ2) is 3.51. The van der Waals surface area contributed by atoms with Crippen LogP contribution in [0.3, 0.4) is 0 Å². The van der Waals surface area contributed by atoms with Gasteiger partial charge in [-0.25, -0.2) is 0 Å². The second-order valence-electron chi connectivity index (χ2n) is 3.06. The summed E-state index contributed by atoms with van der Waals surface area (Å²) in [5.74, 6) is -1.22. The monoisotopic (exact) mass is 181 g/mol. The molecule has 1 rings (SSSR count). The molecule has 2 amide bonds. The quantitative estimate of drug-likeness (QED) is 0.582. The van der Waals surface area contributed by atoms with Crippen LogP contribution in [0.2, 0.25) is 0 Å². The van der Waals surface area contributed by atoms with E-state index in [1.165, 1.54) is 13.1 Å². The predicted octanol–water partition coefficient (Wildman–Crippen LogP) is 0.484. The van der Waals surface area contributed by atoms with E-state index in [-0.39, 0.29) is 30.4 Å². The molecule has 1 aliphatic heterocycles. The molecule has 0 saturated carbocycles. The third-order valence-corrected chi connectivity index (χ3v) is 2.14. The van der Waals surface area contributed by atoms with Gasteiger partial charge < -0.3 is 0 Å². The van der Waals surface area contributed by atoms with Crippen LogP contribution in [-0.4, -0.2) is 22.5 Å². The minimum atomic E-state index is -0.434. The number of Topliss-reactive ketones (excluding diaryl/α,β-unsaturated/α-hetero) is 1. The fourth-order valence-electron chi connectivity index (χ4n) is 1.32. The minimum absolute atomic E-state index is 0.106. The molecule has 1 saturated heterocycles. The Labute approximate surface area is 76.2 Å². The number of piperidine rings is 1. The second-order valence-corrected chi connectivity index (χ2v) is 3.06. The van der Waals surface area contributed by atoms with Crippen molar-refractivity contribution in [3.63, 3.8) is 0 Å². The molecule has 0 aliphatic carbocycles. The Kier molecular flexibility index (Phi) is 2.60. The van der Waals surface area contributed by atoms with Gasteiger partial charge in [0, 0.05) is 25.0 Å². The maximum absolute atomic E-state index is 11.2. The van der Waals surface area contributed by atoms with E-state index >= 15 is 0 Å². The number of ketones is 1. The molecular formula is C9H11NO3. The fraction of sp³-hybridized carbons (Fsp3) is 0.444. The van der Waals surface area contributed by atoms with Crippen molar-refractivity contribution in [2.75, 3.05) is 0 Å². The highest BCUT2D eigenvalue weighted by molar-refractivity contribution is 6.02. The van der Waals surface area contributed by atoms with Gasteiger partial charge in [-0.3, -0.25) is 19.3 Å². The third kappa shape index (κ3) is 1.83. The molecule has 0 spiro atoms. The van der Waals surface area contributed by atoms with Crippen molar-refractivity contribution >= 4 is 17.6 Å². The van der Waals surface area contributed by atoms with Crippen LogP contribution in [-0.2, 0) is 14.4 Å². The highest BCUT2D eigenvalue weighted by Gasteiger charge is 2.32. The predicted molar refractivity (Wildman–Crippen MR) is 45.5 cm³/mol. The zero-order chi connectivity index (χ0) is 10.0. The van der Waals surface area contributed by atoms with Gasteiger partial charge in [0.2, 0.25) is 11.8 Å². The lowest BCUT2D eigenvalue weighted by atomic mass is 9.92. The summed E-state index contributed by atoms with van der Waals surface area (Å²) in [7, 11) is 0. The van der Waals surface area contributed by atoms with E-state index in [1.807, 2.05) is 0 Å². The van der Waals surface area contributed by atoms with Crippen LogP contribution in [0.25, 0.3) is 0 Å². The van der Waals surface area contributed by atoms with Crippen LogP contribution < -0.4 is 0 Å². The average Bonchev–Trinajstić information content (AvgIpc) is 2.03. The number of likely N-dealkylation sites (tertiary alicyclic amines) is 1. The average molecular weight is 181 g/mol. The van der Waals surface area contributed by atoms with Crippen molar-refractivity contribution in [3.8, 4) is 0 Å². The number of hydrogen-bond acceptors (Lipinski definition) is 3. The maximum atomic E-state index is 11.2. The van der Waals surface area contributed by atoms with Crippen LogP contribution in [0, 0.1) is 5.92 Å². The standard InChI is InChI=1S/C9H11NO3/c1-3-10-8(12)4-7(6(2)11)5-9(10)13/h3,7H,1,4-5H2,2H3. The van der Waals surface area contributed by atoms with Crippen molar-refractivity contribution < 1.29 is 14.4 Å². The highest BCUT2D eigenvalue weighted by Crippen LogP contribution is 2.20. The number of carbonyl (C=O) groups excluding carboxylic acids is 3. The first-order valence-electron chi connectivity index (χ1n) is 4.04. The summed E-state index contributed by atoms with van der Waals surface area (Å²) in [4.78, 5) is 34.4. The highest BCUT2D eigenvalue weighted by atomic mass is 16.2. The Morgan fingerprint density at radius 1 is 1.46 bits per heavy atom. The Hall–Kier alpha value is -1.45. The van der Waals surface area contributed by atoms with Crippen LogP contribution in [0.1, 0.15) is 19.8 Å². The molecule has 0 aromatic heterocycles. The molecule has 1 heterocycles. The lowest BCUT2D eigenvalue weighted by Gasteiger charge is -2.25. The summed E-state index contributed by atoms with van der Waals surface area (Å²) in [6, 6.07) is 0. The number of amides is 2. The summed E-state index contributed by atoms with van der Waals surface area (Å²) >= 11 is 0. The Morgan fingerprint density at radius 2 is 1.92 bits per heavy atom. The van der Waals surface area contributed by atoms with Crippen LogP contribution >= 0.6 is 0 Å². The summed E-state index contributed by atoms with van der Waals surface area (Å²) in [5, 5.41) is 0. The van der Waals surface area contributed by atoms with Crippen LogP contribution in [0.5, 0.6) is 0 Å². The molecule has 0 N–H and O–H groups in total. The van der Waals surface area contributed by atoms with E-state index in [4.69, 9.17) is 0 Å².